The molecule has 6 heteroatoms. The molecule has 0 amide bonds. The summed E-state index contributed by atoms with van der Waals surface area (Å²) in [5.74, 6) is 1.35. The van der Waals surface area contributed by atoms with Crippen LogP contribution in [0.2, 0.25) is 0 Å². The zero-order valence-electron chi connectivity index (χ0n) is 13.3. The number of nitrogens with one attached hydrogen (secondary N) is 2. The molecule has 0 spiro atoms. The van der Waals surface area contributed by atoms with Crippen molar-refractivity contribution in [1.29, 1.82) is 0 Å². The number of para-hydroxylation sites is 1. The predicted molar refractivity (Wildman–Crippen MR) is 97.7 cm³/mol. The van der Waals surface area contributed by atoms with Crippen LogP contribution in [0, 0.1) is 6.92 Å². The Morgan fingerprint density at radius 3 is 2.39 bits per heavy atom. The van der Waals surface area contributed by atoms with Gasteiger partial charge in [0, 0.05) is 11.3 Å². The van der Waals surface area contributed by atoms with Crippen LogP contribution in [0.3, 0.4) is 0 Å². The topological polar surface area (TPSA) is 54.9 Å². The van der Waals surface area contributed by atoms with E-state index in [1.54, 1.807) is 20.4 Å². The highest BCUT2D eigenvalue weighted by Crippen LogP contribution is 2.29. The smallest absolute Gasteiger partial charge is 0.191 e. The van der Waals surface area contributed by atoms with Gasteiger partial charge in [0.2, 0.25) is 0 Å². The van der Waals surface area contributed by atoms with Crippen molar-refractivity contribution in [3.63, 3.8) is 0 Å². The molecule has 120 valence electrons. The number of anilines is 1. The van der Waals surface area contributed by atoms with E-state index in [1.807, 2.05) is 49.4 Å². The van der Waals surface area contributed by atoms with Crippen LogP contribution in [0.25, 0.3) is 0 Å². The Kier molecular flexibility index (Phi) is 5.94. The van der Waals surface area contributed by atoms with Crippen LogP contribution in [-0.2, 0) is 0 Å². The second kappa shape index (κ2) is 8.14. The summed E-state index contributed by atoms with van der Waals surface area (Å²) in [5, 5.41) is 7.62. The minimum Gasteiger partial charge on any atom is -0.493 e. The zero-order valence-corrected chi connectivity index (χ0v) is 14.1. The van der Waals surface area contributed by atoms with Crippen LogP contribution in [0.5, 0.6) is 11.5 Å². The van der Waals surface area contributed by atoms with E-state index in [0.717, 1.165) is 16.8 Å². The number of hydrogen-bond acceptors (Lipinski definition) is 4. The second-order valence-corrected chi connectivity index (χ2v) is 5.16. The molecule has 2 aromatic rings. The van der Waals surface area contributed by atoms with E-state index in [0.29, 0.717) is 16.6 Å². The number of hydrazone groups is 1. The van der Waals surface area contributed by atoms with Crippen LogP contribution >= 0.6 is 12.2 Å². The fraction of sp³-hybridized carbons (Fsp3) is 0.176. The van der Waals surface area contributed by atoms with E-state index in [-0.39, 0.29) is 0 Å². The van der Waals surface area contributed by atoms with E-state index in [1.165, 1.54) is 0 Å². The fourth-order valence-electron chi connectivity index (χ4n) is 1.98. The Hall–Kier alpha value is -2.60. The van der Waals surface area contributed by atoms with Crippen LogP contribution in [0.1, 0.15) is 11.1 Å². The molecule has 0 bridgehead atoms. The summed E-state index contributed by atoms with van der Waals surface area (Å²) in [6.07, 6.45) is 1.69. The highest BCUT2D eigenvalue weighted by Gasteiger charge is 2.07. The number of hydrogen-bond donors (Lipinski definition) is 2. The molecule has 23 heavy (non-hydrogen) atoms. The number of aryl methyl sites for hydroxylation is 1. The normalized spacial score (nSPS) is 10.4. The Bertz CT molecular complexity index is 702. The van der Waals surface area contributed by atoms with Crippen molar-refractivity contribution in [1.82, 2.24) is 5.43 Å². The average Bonchev–Trinajstić information content (AvgIpc) is 2.56. The first-order valence-electron chi connectivity index (χ1n) is 7.01. The van der Waals surface area contributed by atoms with Gasteiger partial charge < -0.3 is 14.8 Å². The van der Waals surface area contributed by atoms with E-state index in [9.17, 15) is 0 Å². The first kappa shape index (κ1) is 16.8. The van der Waals surface area contributed by atoms with Crippen molar-refractivity contribution in [3.05, 3.63) is 53.6 Å². The SMILES string of the molecule is COc1cc(C)c(C=NNC(=S)Nc2ccccc2)cc1OC. The van der Waals surface area contributed by atoms with Gasteiger partial charge >= 0.3 is 0 Å². The van der Waals surface area contributed by atoms with Gasteiger partial charge in [-0.3, -0.25) is 5.43 Å². The molecule has 0 aliphatic rings. The standard InChI is InChI=1S/C17H19N3O2S/c1-12-9-15(21-2)16(22-3)10-13(12)11-18-20-17(23)19-14-7-5-4-6-8-14/h4-11H,1-3H3,(H2,19,20,23). The third kappa shape index (κ3) is 4.69. The number of nitrogens with zero attached hydrogens (tertiary/aromatic N) is 1. The van der Waals surface area contributed by atoms with Crippen molar-refractivity contribution in [2.45, 2.75) is 6.92 Å². The van der Waals surface area contributed by atoms with Crippen molar-refractivity contribution in [3.8, 4) is 11.5 Å². The molecule has 0 aliphatic carbocycles. The molecule has 0 radical (unpaired) electrons. The van der Waals surface area contributed by atoms with Gasteiger partial charge in [0.25, 0.3) is 0 Å². The molecule has 0 unspecified atom stereocenters. The Morgan fingerprint density at radius 2 is 1.74 bits per heavy atom. The first-order valence-corrected chi connectivity index (χ1v) is 7.42. The first-order chi connectivity index (χ1) is 11.1. The lowest BCUT2D eigenvalue weighted by molar-refractivity contribution is 0.354. The predicted octanol–water partition coefficient (Wildman–Crippen LogP) is 3.33. The largest absolute Gasteiger partial charge is 0.493 e. The second-order valence-electron chi connectivity index (χ2n) is 4.75. The van der Waals surface area contributed by atoms with Crippen LogP contribution in [0.15, 0.2) is 47.6 Å². The highest BCUT2D eigenvalue weighted by molar-refractivity contribution is 7.80. The lowest BCUT2D eigenvalue weighted by Crippen LogP contribution is -2.23. The summed E-state index contributed by atoms with van der Waals surface area (Å²) >= 11 is 5.19. The van der Waals surface area contributed by atoms with Crippen molar-refractivity contribution >= 4 is 29.2 Å². The average molecular weight is 329 g/mol. The lowest BCUT2D eigenvalue weighted by atomic mass is 10.1. The molecule has 0 aliphatic heterocycles. The molecular weight excluding hydrogens is 310 g/mol. The molecule has 5 nitrogen and oxygen atoms in total. The third-order valence-electron chi connectivity index (χ3n) is 3.17. The molecule has 0 atom stereocenters. The van der Waals surface area contributed by atoms with Gasteiger partial charge in [-0.1, -0.05) is 18.2 Å². The molecule has 2 aromatic carbocycles. The number of methoxy groups -OCH3 is 2. The van der Waals surface area contributed by atoms with E-state index in [4.69, 9.17) is 21.7 Å². The van der Waals surface area contributed by atoms with Gasteiger partial charge in [-0.2, -0.15) is 5.10 Å². The highest BCUT2D eigenvalue weighted by atomic mass is 32.1. The van der Waals surface area contributed by atoms with Gasteiger partial charge in [-0.05, 0) is 49.0 Å². The fourth-order valence-corrected chi connectivity index (χ4v) is 2.15. The van der Waals surface area contributed by atoms with Gasteiger partial charge in [-0.25, -0.2) is 0 Å². The summed E-state index contributed by atoms with van der Waals surface area (Å²) in [4.78, 5) is 0. The number of thiocarbonyl (C=S) groups is 1. The monoisotopic (exact) mass is 329 g/mol. The lowest BCUT2D eigenvalue weighted by Gasteiger charge is -2.10. The molecule has 0 saturated heterocycles. The summed E-state index contributed by atoms with van der Waals surface area (Å²) in [6, 6.07) is 13.4. The van der Waals surface area contributed by atoms with Crippen LogP contribution < -0.4 is 20.2 Å². The minimum absolute atomic E-state index is 0.422. The summed E-state index contributed by atoms with van der Waals surface area (Å²) in [6.45, 7) is 1.98. The summed E-state index contributed by atoms with van der Waals surface area (Å²) in [5.41, 5.74) is 5.63. The summed E-state index contributed by atoms with van der Waals surface area (Å²) < 4.78 is 10.6. The quantitative estimate of drug-likeness (QED) is 0.501. The molecule has 0 saturated carbocycles. The van der Waals surface area contributed by atoms with Crippen LogP contribution in [-0.4, -0.2) is 25.5 Å². The molecule has 0 aromatic heterocycles. The van der Waals surface area contributed by atoms with E-state index < -0.39 is 0 Å². The van der Waals surface area contributed by atoms with Gasteiger partial charge in [0.05, 0.1) is 20.4 Å². The molecule has 0 heterocycles. The van der Waals surface area contributed by atoms with E-state index in [2.05, 4.69) is 15.8 Å². The van der Waals surface area contributed by atoms with Gasteiger partial charge in [-0.15, -0.1) is 0 Å². The van der Waals surface area contributed by atoms with Gasteiger partial charge in [0.1, 0.15) is 0 Å². The molecule has 0 fully saturated rings. The Labute approximate surface area is 141 Å². The van der Waals surface area contributed by atoms with Crippen molar-refractivity contribution in [2.75, 3.05) is 19.5 Å². The maximum atomic E-state index is 5.29. The van der Waals surface area contributed by atoms with E-state index >= 15 is 0 Å². The van der Waals surface area contributed by atoms with Gasteiger partial charge in [0.15, 0.2) is 16.6 Å². The molecular formula is C17H19N3O2S. The number of benzene rings is 2. The molecule has 2 rings (SSSR count). The third-order valence-corrected chi connectivity index (χ3v) is 3.37. The minimum atomic E-state index is 0.422. The maximum Gasteiger partial charge on any atom is 0.191 e. The van der Waals surface area contributed by atoms with Crippen LogP contribution in [0.4, 0.5) is 5.69 Å². The number of rotatable bonds is 5. The van der Waals surface area contributed by atoms with Crippen molar-refractivity contribution < 1.29 is 9.47 Å². The Morgan fingerprint density at radius 1 is 1.09 bits per heavy atom. The van der Waals surface area contributed by atoms with Crippen molar-refractivity contribution in [2.24, 2.45) is 5.10 Å². The molecule has 2 N–H and O–H groups in total. The number of ether oxygens (including phenoxy) is 2. The zero-order chi connectivity index (χ0) is 16.7. The maximum absolute atomic E-state index is 5.29. The Balaban J connectivity index is 2.01. The summed E-state index contributed by atoms with van der Waals surface area (Å²) in [7, 11) is 3.21.